The SMILES string of the molecule is C1COC(CNC[C@@H]2CCCO2)C1. The van der Waals surface area contributed by atoms with Gasteiger partial charge in [0.2, 0.25) is 0 Å². The first kappa shape index (κ1) is 9.44. The topological polar surface area (TPSA) is 30.5 Å². The molecule has 13 heavy (non-hydrogen) atoms. The van der Waals surface area contributed by atoms with Crippen LogP contribution in [0.15, 0.2) is 0 Å². The minimum Gasteiger partial charge on any atom is -0.377 e. The summed E-state index contributed by atoms with van der Waals surface area (Å²) < 4.78 is 11.0. The molecule has 0 saturated carbocycles. The summed E-state index contributed by atoms with van der Waals surface area (Å²) in [6.07, 6.45) is 5.82. The van der Waals surface area contributed by atoms with Gasteiger partial charge in [-0.3, -0.25) is 0 Å². The molecule has 0 radical (unpaired) electrons. The fourth-order valence-electron chi connectivity index (χ4n) is 2.02. The summed E-state index contributed by atoms with van der Waals surface area (Å²) in [5, 5.41) is 3.42. The maximum Gasteiger partial charge on any atom is 0.0700 e. The van der Waals surface area contributed by atoms with E-state index in [1.54, 1.807) is 0 Å². The van der Waals surface area contributed by atoms with Crippen LogP contribution in [0.3, 0.4) is 0 Å². The molecule has 0 aromatic heterocycles. The number of ether oxygens (including phenoxy) is 2. The Bertz CT molecular complexity index is 124. The minimum absolute atomic E-state index is 0.460. The fourth-order valence-corrected chi connectivity index (χ4v) is 2.02. The lowest BCUT2D eigenvalue weighted by atomic mass is 10.2. The van der Waals surface area contributed by atoms with E-state index in [-0.39, 0.29) is 0 Å². The van der Waals surface area contributed by atoms with Crippen molar-refractivity contribution in [1.29, 1.82) is 0 Å². The highest BCUT2D eigenvalue weighted by Gasteiger charge is 2.17. The molecule has 3 nitrogen and oxygen atoms in total. The van der Waals surface area contributed by atoms with Gasteiger partial charge in [-0.25, -0.2) is 0 Å². The number of nitrogens with one attached hydrogen (secondary N) is 1. The lowest BCUT2D eigenvalue weighted by Crippen LogP contribution is -2.32. The Morgan fingerprint density at radius 1 is 0.923 bits per heavy atom. The van der Waals surface area contributed by atoms with Crippen LogP contribution < -0.4 is 5.32 Å². The van der Waals surface area contributed by atoms with Gasteiger partial charge in [0.1, 0.15) is 0 Å². The number of hydrogen-bond donors (Lipinski definition) is 1. The van der Waals surface area contributed by atoms with Crippen LogP contribution in [0.2, 0.25) is 0 Å². The molecule has 2 aliphatic heterocycles. The van der Waals surface area contributed by atoms with E-state index in [1.807, 2.05) is 0 Å². The molecule has 0 aromatic carbocycles. The lowest BCUT2D eigenvalue weighted by Gasteiger charge is -2.13. The second-order valence-electron chi connectivity index (χ2n) is 3.93. The standard InChI is InChI=1S/C10H19NO2/c1-3-9(12-5-1)7-11-8-10-4-2-6-13-10/h9-11H,1-8H2/t9-,10?/m0/s1. The molecule has 1 N–H and O–H groups in total. The number of hydrogen-bond acceptors (Lipinski definition) is 3. The number of rotatable bonds is 4. The Morgan fingerprint density at radius 3 is 1.85 bits per heavy atom. The zero-order valence-corrected chi connectivity index (χ0v) is 8.13. The first-order valence-electron chi connectivity index (χ1n) is 5.39. The Kier molecular flexibility index (Phi) is 3.58. The fraction of sp³-hybridized carbons (Fsp3) is 1.00. The quantitative estimate of drug-likeness (QED) is 0.707. The van der Waals surface area contributed by atoms with Gasteiger partial charge >= 0.3 is 0 Å². The molecule has 0 spiro atoms. The first-order valence-corrected chi connectivity index (χ1v) is 5.39. The summed E-state index contributed by atoms with van der Waals surface area (Å²) in [6.45, 7) is 3.90. The molecule has 0 aromatic rings. The molecule has 0 aliphatic carbocycles. The molecular weight excluding hydrogens is 166 g/mol. The van der Waals surface area contributed by atoms with Crippen LogP contribution in [0.25, 0.3) is 0 Å². The van der Waals surface area contributed by atoms with Crippen molar-refractivity contribution in [1.82, 2.24) is 5.32 Å². The average Bonchev–Trinajstić information content (AvgIpc) is 2.75. The van der Waals surface area contributed by atoms with Crippen LogP contribution in [0.5, 0.6) is 0 Å². The third-order valence-electron chi connectivity index (χ3n) is 2.79. The van der Waals surface area contributed by atoms with E-state index in [2.05, 4.69) is 5.32 Å². The van der Waals surface area contributed by atoms with Crippen LogP contribution in [0.4, 0.5) is 0 Å². The van der Waals surface area contributed by atoms with Gasteiger partial charge in [-0.15, -0.1) is 0 Å². The summed E-state index contributed by atoms with van der Waals surface area (Å²) in [7, 11) is 0. The molecule has 2 atom stereocenters. The van der Waals surface area contributed by atoms with Crippen molar-refractivity contribution in [3.05, 3.63) is 0 Å². The molecular formula is C10H19NO2. The van der Waals surface area contributed by atoms with Crippen molar-refractivity contribution in [3.8, 4) is 0 Å². The van der Waals surface area contributed by atoms with Gasteiger partial charge < -0.3 is 14.8 Å². The van der Waals surface area contributed by atoms with Crippen molar-refractivity contribution in [2.75, 3.05) is 26.3 Å². The van der Waals surface area contributed by atoms with E-state index in [1.165, 1.54) is 25.7 Å². The monoisotopic (exact) mass is 185 g/mol. The summed E-state index contributed by atoms with van der Waals surface area (Å²) in [5.74, 6) is 0. The van der Waals surface area contributed by atoms with Gasteiger partial charge in [0.15, 0.2) is 0 Å². The Morgan fingerprint density at radius 2 is 1.46 bits per heavy atom. The summed E-state index contributed by atoms with van der Waals surface area (Å²) in [5.41, 5.74) is 0. The summed E-state index contributed by atoms with van der Waals surface area (Å²) in [4.78, 5) is 0. The molecule has 0 amide bonds. The van der Waals surface area contributed by atoms with E-state index < -0.39 is 0 Å². The average molecular weight is 185 g/mol. The second kappa shape index (κ2) is 4.94. The maximum atomic E-state index is 5.51. The summed E-state index contributed by atoms with van der Waals surface area (Å²) in [6, 6.07) is 0. The van der Waals surface area contributed by atoms with Gasteiger partial charge in [-0.05, 0) is 25.7 Å². The molecule has 76 valence electrons. The van der Waals surface area contributed by atoms with Crippen LogP contribution in [0.1, 0.15) is 25.7 Å². The molecule has 2 rings (SSSR count). The van der Waals surface area contributed by atoms with Crippen molar-refractivity contribution in [2.24, 2.45) is 0 Å². The summed E-state index contributed by atoms with van der Waals surface area (Å²) >= 11 is 0. The normalized spacial score (nSPS) is 34.2. The van der Waals surface area contributed by atoms with Crippen LogP contribution in [-0.4, -0.2) is 38.5 Å². The molecule has 0 bridgehead atoms. The highest BCUT2D eigenvalue weighted by molar-refractivity contribution is 4.71. The zero-order valence-electron chi connectivity index (χ0n) is 8.13. The van der Waals surface area contributed by atoms with Crippen molar-refractivity contribution in [2.45, 2.75) is 37.9 Å². The van der Waals surface area contributed by atoms with Gasteiger partial charge in [0.05, 0.1) is 12.2 Å². The Hall–Kier alpha value is -0.120. The van der Waals surface area contributed by atoms with Gasteiger partial charge in [0, 0.05) is 26.3 Å². The van der Waals surface area contributed by atoms with Crippen molar-refractivity contribution < 1.29 is 9.47 Å². The Balaban J connectivity index is 1.52. The first-order chi connectivity index (χ1) is 6.45. The second-order valence-corrected chi connectivity index (χ2v) is 3.93. The molecule has 1 unspecified atom stereocenters. The smallest absolute Gasteiger partial charge is 0.0700 e. The van der Waals surface area contributed by atoms with Crippen LogP contribution in [-0.2, 0) is 9.47 Å². The van der Waals surface area contributed by atoms with E-state index in [4.69, 9.17) is 9.47 Å². The highest BCUT2D eigenvalue weighted by Crippen LogP contribution is 2.12. The Labute approximate surface area is 79.8 Å². The lowest BCUT2D eigenvalue weighted by molar-refractivity contribution is 0.0907. The molecule has 2 fully saturated rings. The third-order valence-corrected chi connectivity index (χ3v) is 2.79. The van der Waals surface area contributed by atoms with Crippen LogP contribution >= 0.6 is 0 Å². The van der Waals surface area contributed by atoms with Gasteiger partial charge in [-0.1, -0.05) is 0 Å². The van der Waals surface area contributed by atoms with Crippen LogP contribution in [0, 0.1) is 0 Å². The van der Waals surface area contributed by atoms with E-state index in [9.17, 15) is 0 Å². The largest absolute Gasteiger partial charge is 0.377 e. The maximum absolute atomic E-state index is 5.51. The molecule has 2 aliphatic rings. The molecule has 2 heterocycles. The van der Waals surface area contributed by atoms with Gasteiger partial charge in [0.25, 0.3) is 0 Å². The molecule has 3 heteroatoms. The highest BCUT2D eigenvalue weighted by atomic mass is 16.5. The van der Waals surface area contributed by atoms with E-state index >= 15 is 0 Å². The third kappa shape index (κ3) is 2.93. The van der Waals surface area contributed by atoms with Gasteiger partial charge in [-0.2, -0.15) is 0 Å². The minimum atomic E-state index is 0.460. The predicted octanol–water partition coefficient (Wildman–Crippen LogP) is 0.934. The van der Waals surface area contributed by atoms with E-state index in [0.717, 1.165) is 26.3 Å². The van der Waals surface area contributed by atoms with E-state index in [0.29, 0.717) is 12.2 Å². The zero-order chi connectivity index (χ0) is 8.93. The van der Waals surface area contributed by atoms with Crippen molar-refractivity contribution in [3.63, 3.8) is 0 Å². The van der Waals surface area contributed by atoms with Crippen molar-refractivity contribution >= 4 is 0 Å². The predicted molar refractivity (Wildman–Crippen MR) is 50.8 cm³/mol. The molecule has 2 saturated heterocycles.